The van der Waals surface area contributed by atoms with Crippen LogP contribution < -0.4 is 14.8 Å². The molecule has 1 aromatic rings. The summed E-state index contributed by atoms with van der Waals surface area (Å²) in [6, 6.07) is 5.66. The zero-order valence-electron chi connectivity index (χ0n) is 24.8. The summed E-state index contributed by atoms with van der Waals surface area (Å²) in [4.78, 5) is 25.4. The highest BCUT2D eigenvalue weighted by atomic mass is 16.6. The van der Waals surface area contributed by atoms with Crippen LogP contribution in [0.15, 0.2) is 18.2 Å². The van der Waals surface area contributed by atoms with Crippen molar-refractivity contribution in [1.82, 2.24) is 5.32 Å². The number of carbonyl (C=O) groups is 2. The van der Waals surface area contributed by atoms with E-state index in [0.29, 0.717) is 43.5 Å². The lowest BCUT2D eigenvalue weighted by molar-refractivity contribution is -0.146. The molecule has 8 nitrogen and oxygen atoms in total. The van der Waals surface area contributed by atoms with E-state index in [9.17, 15) is 9.59 Å². The van der Waals surface area contributed by atoms with Gasteiger partial charge in [-0.2, -0.15) is 0 Å². The molecule has 0 aliphatic carbocycles. The Morgan fingerprint density at radius 3 is 2.37 bits per heavy atom. The van der Waals surface area contributed by atoms with E-state index in [1.807, 2.05) is 46.8 Å². The number of esters is 1. The van der Waals surface area contributed by atoms with Crippen LogP contribution in [-0.4, -0.2) is 57.2 Å². The van der Waals surface area contributed by atoms with E-state index >= 15 is 0 Å². The van der Waals surface area contributed by atoms with Gasteiger partial charge in [-0.1, -0.05) is 33.8 Å². The number of rotatable bonds is 14. The second-order valence-electron chi connectivity index (χ2n) is 11.9. The Balaban J connectivity index is 2.23. The minimum Gasteiger partial charge on any atom is -0.493 e. The summed E-state index contributed by atoms with van der Waals surface area (Å²) in [7, 11) is 3.31. The average Bonchev–Trinajstić information content (AvgIpc) is 3.21. The van der Waals surface area contributed by atoms with Crippen LogP contribution in [0.3, 0.4) is 0 Å². The van der Waals surface area contributed by atoms with Crippen LogP contribution in [0.2, 0.25) is 0 Å². The van der Waals surface area contributed by atoms with Crippen molar-refractivity contribution >= 4 is 12.1 Å². The van der Waals surface area contributed by atoms with Crippen molar-refractivity contribution in [1.29, 1.82) is 0 Å². The van der Waals surface area contributed by atoms with Crippen LogP contribution >= 0.6 is 0 Å². The molecule has 216 valence electrons. The maximum Gasteiger partial charge on any atom is 0.408 e. The predicted molar refractivity (Wildman–Crippen MR) is 148 cm³/mol. The fourth-order valence-electron chi connectivity index (χ4n) is 4.75. The van der Waals surface area contributed by atoms with Crippen molar-refractivity contribution in [2.45, 2.75) is 91.9 Å². The molecule has 0 aromatic heterocycles. The highest BCUT2D eigenvalue weighted by Gasteiger charge is 2.42. The first-order valence-electron chi connectivity index (χ1n) is 13.8. The molecule has 4 atom stereocenters. The van der Waals surface area contributed by atoms with E-state index in [-0.39, 0.29) is 35.9 Å². The van der Waals surface area contributed by atoms with Crippen LogP contribution in [0.25, 0.3) is 0 Å². The first-order chi connectivity index (χ1) is 17.8. The van der Waals surface area contributed by atoms with Gasteiger partial charge in [0.1, 0.15) is 11.7 Å². The SMILES string of the molecule is COCCCOc1cc(CC(CC(NC(=O)OC(C)(C)C)[C@@H]2C[C@@H](C(C)C)C(=O)O2)C(C)C)ccc1OC. The Morgan fingerprint density at radius 1 is 1.11 bits per heavy atom. The van der Waals surface area contributed by atoms with Crippen LogP contribution in [0.1, 0.15) is 73.3 Å². The Labute approximate surface area is 229 Å². The molecule has 0 spiro atoms. The van der Waals surface area contributed by atoms with Gasteiger partial charge in [-0.3, -0.25) is 4.79 Å². The third kappa shape index (κ3) is 10.0. The number of hydrogen-bond donors (Lipinski definition) is 1. The Bertz CT molecular complexity index is 893. The molecule has 2 rings (SSSR count). The molecule has 38 heavy (non-hydrogen) atoms. The van der Waals surface area contributed by atoms with Crippen LogP contribution in [0.5, 0.6) is 11.5 Å². The molecule has 1 amide bonds. The van der Waals surface area contributed by atoms with E-state index < -0.39 is 11.7 Å². The summed E-state index contributed by atoms with van der Waals surface area (Å²) in [6.45, 7) is 15.1. The molecule has 0 radical (unpaired) electrons. The number of carbonyl (C=O) groups excluding carboxylic acids is 2. The molecule has 1 aliphatic heterocycles. The third-order valence-electron chi connectivity index (χ3n) is 6.99. The second-order valence-corrected chi connectivity index (χ2v) is 11.9. The molecule has 0 bridgehead atoms. The number of methoxy groups -OCH3 is 2. The highest BCUT2D eigenvalue weighted by Crippen LogP contribution is 2.34. The predicted octanol–water partition coefficient (Wildman–Crippen LogP) is 5.80. The topological polar surface area (TPSA) is 92.3 Å². The normalized spacial score (nSPS) is 19.3. The molecule has 1 N–H and O–H groups in total. The maximum absolute atomic E-state index is 12.8. The van der Waals surface area contributed by atoms with E-state index in [4.69, 9.17) is 23.7 Å². The molecule has 2 unspecified atom stereocenters. The molecule has 1 aliphatic rings. The molecule has 8 heteroatoms. The monoisotopic (exact) mass is 535 g/mol. The molecule has 1 aromatic carbocycles. The lowest BCUT2D eigenvalue weighted by atomic mass is 9.81. The van der Waals surface area contributed by atoms with Gasteiger partial charge in [-0.15, -0.1) is 0 Å². The number of amides is 1. The van der Waals surface area contributed by atoms with Crippen molar-refractivity contribution in [3.8, 4) is 11.5 Å². The lowest BCUT2D eigenvalue weighted by Gasteiger charge is -2.31. The Morgan fingerprint density at radius 2 is 1.82 bits per heavy atom. The number of benzene rings is 1. The number of ether oxygens (including phenoxy) is 5. The van der Waals surface area contributed by atoms with Gasteiger partial charge in [0.15, 0.2) is 11.5 Å². The van der Waals surface area contributed by atoms with Gasteiger partial charge in [-0.25, -0.2) is 4.79 Å². The Kier molecular flexibility index (Phi) is 12.2. The number of nitrogens with one attached hydrogen (secondary N) is 1. The minimum absolute atomic E-state index is 0.167. The van der Waals surface area contributed by atoms with E-state index in [1.165, 1.54) is 0 Å². The van der Waals surface area contributed by atoms with Gasteiger partial charge in [0.2, 0.25) is 0 Å². The van der Waals surface area contributed by atoms with Gasteiger partial charge in [0.05, 0.1) is 25.7 Å². The van der Waals surface area contributed by atoms with Gasteiger partial charge in [-0.05, 0) is 75.5 Å². The molecule has 1 heterocycles. The van der Waals surface area contributed by atoms with Gasteiger partial charge in [0.25, 0.3) is 0 Å². The summed E-state index contributed by atoms with van der Waals surface area (Å²) >= 11 is 0. The van der Waals surface area contributed by atoms with Crippen molar-refractivity contribution < 1.29 is 33.3 Å². The summed E-state index contributed by atoms with van der Waals surface area (Å²) in [5.74, 6) is 1.75. The average molecular weight is 536 g/mol. The summed E-state index contributed by atoms with van der Waals surface area (Å²) < 4.78 is 28.0. The van der Waals surface area contributed by atoms with E-state index in [1.54, 1.807) is 14.2 Å². The second kappa shape index (κ2) is 14.6. The van der Waals surface area contributed by atoms with Crippen molar-refractivity contribution in [3.05, 3.63) is 23.8 Å². The van der Waals surface area contributed by atoms with Crippen LogP contribution in [-0.2, 0) is 25.4 Å². The van der Waals surface area contributed by atoms with Gasteiger partial charge in [0, 0.05) is 20.1 Å². The zero-order chi connectivity index (χ0) is 28.5. The first kappa shape index (κ1) is 31.7. The molecule has 1 saturated heterocycles. The fraction of sp³-hybridized carbons (Fsp3) is 0.733. The number of cyclic esters (lactones) is 1. The standard InChI is InChI=1S/C30H49NO7/c1-19(2)22(15-21-11-12-25(35-9)27(16-21)36-14-10-13-34-8)17-24(31-29(33)38-30(5,6)7)26-18-23(20(3)4)28(32)37-26/h11-12,16,19-20,22-24,26H,10,13-15,17-18H2,1-9H3,(H,31,33)/t22?,23-,24?,26-/m0/s1. The van der Waals surface area contributed by atoms with Crippen LogP contribution in [0.4, 0.5) is 4.79 Å². The third-order valence-corrected chi connectivity index (χ3v) is 6.99. The summed E-state index contributed by atoms with van der Waals surface area (Å²) in [5.41, 5.74) is 0.493. The first-order valence-corrected chi connectivity index (χ1v) is 13.8. The molecular formula is C30H49NO7. The van der Waals surface area contributed by atoms with Gasteiger partial charge >= 0.3 is 12.1 Å². The summed E-state index contributed by atoms with van der Waals surface area (Å²) in [6.07, 6.45) is 1.91. The number of alkyl carbamates (subject to hydrolysis) is 1. The van der Waals surface area contributed by atoms with E-state index in [0.717, 1.165) is 18.4 Å². The van der Waals surface area contributed by atoms with Crippen molar-refractivity contribution in [2.24, 2.45) is 23.7 Å². The highest BCUT2D eigenvalue weighted by molar-refractivity contribution is 5.75. The molecular weight excluding hydrogens is 486 g/mol. The maximum atomic E-state index is 12.8. The lowest BCUT2D eigenvalue weighted by Crippen LogP contribution is -2.47. The number of hydrogen-bond acceptors (Lipinski definition) is 7. The quantitative estimate of drug-likeness (QED) is 0.238. The zero-order valence-corrected chi connectivity index (χ0v) is 24.8. The van der Waals surface area contributed by atoms with Gasteiger partial charge < -0.3 is 29.0 Å². The van der Waals surface area contributed by atoms with E-state index in [2.05, 4.69) is 25.2 Å². The molecule has 0 saturated carbocycles. The fourth-order valence-corrected chi connectivity index (χ4v) is 4.75. The summed E-state index contributed by atoms with van der Waals surface area (Å²) in [5, 5.41) is 3.04. The smallest absolute Gasteiger partial charge is 0.408 e. The Hall–Kier alpha value is -2.48. The van der Waals surface area contributed by atoms with Crippen LogP contribution in [0, 0.1) is 23.7 Å². The minimum atomic E-state index is -0.623. The van der Waals surface area contributed by atoms with Crippen molar-refractivity contribution in [3.63, 3.8) is 0 Å². The van der Waals surface area contributed by atoms with Crippen molar-refractivity contribution in [2.75, 3.05) is 27.4 Å². The largest absolute Gasteiger partial charge is 0.493 e. The molecule has 1 fully saturated rings.